The Bertz CT molecular complexity index is 903. The number of benzene rings is 2. The second-order valence-corrected chi connectivity index (χ2v) is 5.95. The Morgan fingerprint density at radius 2 is 1.91 bits per heavy atom. The van der Waals surface area contributed by atoms with E-state index in [1.165, 1.54) is 6.92 Å². The highest BCUT2D eigenvalue weighted by Crippen LogP contribution is 2.25. The van der Waals surface area contributed by atoms with E-state index in [-0.39, 0.29) is 5.97 Å². The molecule has 0 atom stereocenters. The first-order valence-electron chi connectivity index (χ1n) is 7.14. The van der Waals surface area contributed by atoms with Gasteiger partial charge in [0.25, 0.3) is 0 Å². The summed E-state index contributed by atoms with van der Waals surface area (Å²) in [4.78, 5) is 15.8. The number of aromatic nitrogens is 1. The molecular weight excluding hydrogens is 354 g/mol. The maximum atomic E-state index is 11.2. The van der Waals surface area contributed by atoms with Crippen LogP contribution in [0.5, 0.6) is 5.75 Å². The van der Waals surface area contributed by atoms with Gasteiger partial charge >= 0.3 is 5.97 Å². The Morgan fingerprint density at radius 3 is 2.74 bits per heavy atom. The standard InChI is InChI=1S/C19H14BrNO2/c1-13(22)23-19-11-8-16(20)12-15(19)7-10-17-9-6-14-4-2-3-5-18(14)21-17/h2-12H,1H3. The summed E-state index contributed by atoms with van der Waals surface area (Å²) in [7, 11) is 0. The molecule has 0 aliphatic carbocycles. The van der Waals surface area contributed by atoms with Gasteiger partial charge in [-0.15, -0.1) is 0 Å². The summed E-state index contributed by atoms with van der Waals surface area (Å²) in [6.45, 7) is 1.39. The molecule has 0 radical (unpaired) electrons. The van der Waals surface area contributed by atoms with Crippen molar-refractivity contribution in [2.45, 2.75) is 6.92 Å². The Morgan fingerprint density at radius 1 is 1.09 bits per heavy atom. The van der Waals surface area contributed by atoms with Crippen molar-refractivity contribution in [3.05, 3.63) is 70.3 Å². The topological polar surface area (TPSA) is 39.2 Å². The van der Waals surface area contributed by atoms with Crippen LogP contribution < -0.4 is 4.74 Å². The first-order valence-corrected chi connectivity index (χ1v) is 7.93. The third-order valence-corrected chi connectivity index (χ3v) is 3.77. The lowest BCUT2D eigenvalue weighted by molar-refractivity contribution is -0.131. The van der Waals surface area contributed by atoms with Crippen molar-refractivity contribution in [1.29, 1.82) is 0 Å². The van der Waals surface area contributed by atoms with Crippen molar-refractivity contribution in [1.82, 2.24) is 4.98 Å². The molecule has 0 unspecified atom stereocenters. The van der Waals surface area contributed by atoms with E-state index in [9.17, 15) is 4.79 Å². The number of carbonyl (C=O) groups is 1. The molecule has 114 valence electrons. The molecular formula is C19H14BrNO2. The zero-order valence-corrected chi connectivity index (χ0v) is 14.1. The fourth-order valence-corrected chi connectivity index (χ4v) is 2.63. The van der Waals surface area contributed by atoms with Crippen LogP contribution in [-0.2, 0) is 4.79 Å². The number of carbonyl (C=O) groups excluding carboxylic acids is 1. The molecule has 3 aromatic rings. The van der Waals surface area contributed by atoms with Crippen molar-refractivity contribution in [2.24, 2.45) is 0 Å². The van der Waals surface area contributed by atoms with Gasteiger partial charge in [-0.1, -0.05) is 40.2 Å². The molecule has 0 aliphatic heterocycles. The van der Waals surface area contributed by atoms with E-state index in [4.69, 9.17) is 4.74 Å². The highest BCUT2D eigenvalue weighted by molar-refractivity contribution is 9.10. The van der Waals surface area contributed by atoms with Crippen molar-refractivity contribution in [2.75, 3.05) is 0 Å². The number of halogens is 1. The van der Waals surface area contributed by atoms with Crippen LogP contribution in [0.25, 0.3) is 23.1 Å². The predicted molar refractivity (Wildman–Crippen MR) is 96.1 cm³/mol. The maximum absolute atomic E-state index is 11.2. The zero-order valence-electron chi connectivity index (χ0n) is 12.5. The fourth-order valence-electron chi connectivity index (χ4n) is 2.25. The predicted octanol–water partition coefficient (Wildman–Crippen LogP) is 5.09. The van der Waals surface area contributed by atoms with Crippen LogP contribution >= 0.6 is 15.9 Å². The molecule has 3 nitrogen and oxygen atoms in total. The van der Waals surface area contributed by atoms with E-state index in [1.54, 1.807) is 6.07 Å². The quantitative estimate of drug-likeness (QED) is 0.477. The minimum absolute atomic E-state index is 0.342. The van der Waals surface area contributed by atoms with Crippen LogP contribution in [0.3, 0.4) is 0 Å². The number of hydrogen-bond acceptors (Lipinski definition) is 3. The second kappa shape index (κ2) is 6.75. The van der Waals surface area contributed by atoms with Crippen molar-refractivity contribution < 1.29 is 9.53 Å². The monoisotopic (exact) mass is 367 g/mol. The average molecular weight is 368 g/mol. The molecule has 4 heteroatoms. The molecule has 0 saturated heterocycles. The first-order chi connectivity index (χ1) is 11.1. The van der Waals surface area contributed by atoms with Crippen LogP contribution in [0.4, 0.5) is 0 Å². The van der Waals surface area contributed by atoms with E-state index in [0.717, 1.165) is 26.6 Å². The van der Waals surface area contributed by atoms with Crippen molar-refractivity contribution in [3.8, 4) is 5.75 Å². The molecule has 0 saturated carbocycles. The Kier molecular flexibility index (Phi) is 4.53. The van der Waals surface area contributed by atoms with Gasteiger partial charge in [-0.25, -0.2) is 4.98 Å². The van der Waals surface area contributed by atoms with Gasteiger partial charge in [0.1, 0.15) is 5.75 Å². The molecule has 1 heterocycles. The van der Waals surface area contributed by atoms with Crippen molar-refractivity contribution in [3.63, 3.8) is 0 Å². The van der Waals surface area contributed by atoms with Gasteiger partial charge in [-0.2, -0.15) is 0 Å². The Hall–Kier alpha value is -2.46. The highest BCUT2D eigenvalue weighted by atomic mass is 79.9. The number of rotatable bonds is 3. The summed E-state index contributed by atoms with van der Waals surface area (Å²) >= 11 is 3.43. The molecule has 2 aromatic carbocycles. The lowest BCUT2D eigenvalue weighted by Gasteiger charge is -2.06. The molecule has 0 amide bonds. The summed E-state index contributed by atoms with van der Waals surface area (Å²) < 4.78 is 6.14. The van der Waals surface area contributed by atoms with Gasteiger partial charge in [-0.3, -0.25) is 4.79 Å². The summed E-state index contributed by atoms with van der Waals surface area (Å²) in [6, 6.07) is 17.5. The third kappa shape index (κ3) is 3.85. The van der Waals surface area contributed by atoms with Gasteiger partial charge in [0.15, 0.2) is 0 Å². The normalized spacial score (nSPS) is 11.0. The van der Waals surface area contributed by atoms with E-state index in [0.29, 0.717) is 5.75 Å². The van der Waals surface area contributed by atoms with Crippen LogP contribution in [0.15, 0.2) is 59.1 Å². The summed E-state index contributed by atoms with van der Waals surface area (Å²) in [5.74, 6) is 0.184. The SMILES string of the molecule is CC(=O)Oc1ccc(Br)cc1C=Cc1ccc2ccccc2n1. The summed E-state index contributed by atoms with van der Waals surface area (Å²) in [6.07, 6.45) is 3.79. The molecule has 0 spiro atoms. The molecule has 0 bridgehead atoms. The Balaban J connectivity index is 1.94. The zero-order chi connectivity index (χ0) is 16.2. The van der Waals surface area contributed by atoms with Gasteiger partial charge in [-0.05, 0) is 42.5 Å². The second-order valence-electron chi connectivity index (χ2n) is 5.04. The lowest BCUT2D eigenvalue weighted by atomic mass is 10.1. The summed E-state index contributed by atoms with van der Waals surface area (Å²) in [5, 5.41) is 1.10. The number of pyridine rings is 1. The number of nitrogens with zero attached hydrogens (tertiary/aromatic N) is 1. The van der Waals surface area contributed by atoms with E-state index in [1.807, 2.05) is 60.7 Å². The van der Waals surface area contributed by atoms with Gasteiger partial charge in [0.2, 0.25) is 0 Å². The smallest absolute Gasteiger partial charge is 0.308 e. The van der Waals surface area contributed by atoms with Crippen LogP contribution in [0, 0.1) is 0 Å². The van der Waals surface area contributed by atoms with E-state index >= 15 is 0 Å². The summed E-state index contributed by atoms with van der Waals surface area (Å²) in [5.41, 5.74) is 2.60. The molecule has 23 heavy (non-hydrogen) atoms. The molecule has 3 rings (SSSR count). The number of fused-ring (bicyclic) bond motifs is 1. The highest BCUT2D eigenvalue weighted by Gasteiger charge is 2.05. The number of esters is 1. The minimum atomic E-state index is -0.342. The molecule has 0 N–H and O–H groups in total. The minimum Gasteiger partial charge on any atom is -0.426 e. The first kappa shape index (κ1) is 15.4. The van der Waals surface area contributed by atoms with Crippen molar-refractivity contribution >= 4 is 45.0 Å². The van der Waals surface area contributed by atoms with E-state index in [2.05, 4.69) is 20.9 Å². The van der Waals surface area contributed by atoms with Gasteiger partial charge < -0.3 is 4.74 Å². The Labute approximate surface area is 142 Å². The maximum Gasteiger partial charge on any atom is 0.308 e. The van der Waals surface area contributed by atoms with Crippen LogP contribution in [0.2, 0.25) is 0 Å². The molecule has 1 aromatic heterocycles. The largest absolute Gasteiger partial charge is 0.426 e. The van der Waals surface area contributed by atoms with Crippen LogP contribution in [0.1, 0.15) is 18.2 Å². The van der Waals surface area contributed by atoms with Gasteiger partial charge in [0.05, 0.1) is 11.2 Å². The number of ether oxygens (including phenoxy) is 1. The average Bonchev–Trinajstić information content (AvgIpc) is 2.54. The van der Waals surface area contributed by atoms with Crippen LogP contribution in [-0.4, -0.2) is 11.0 Å². The molecule has 0 aliphatic rings. The number of para-hydroxylation sites is 1. The fraction of sp³-hybridized carbons (Fsp3) is 0.0526. The molecule has 0 fully saturated rings. The van der Waals surface area contributed by atoms with Gasteiger partial charge in [0, 0.05) is 22.3 Å². The van der Waals surface area contributed by atoms with E-state index < -0.39 is 0 Å². The lowest BCUT2D eigenvalue weighted by Crippen LogP contribution is -2.02. The third-order valence-electron chi connectivity index (χ3n) is 3.28. The number of hydrogen-bond donors (Lipinski definition) is 0.